The molecule has 0 saturated heterocycles. The Balaban J connectivity index is 2.49. The van der Waals surface area contributed by atoms with Gasteiger partial charge in [-0.25, -0.2) is 0 Å². The van der Waals surface area contributed by atoms with Crippen molar-refractivity contribution in [3.63, 3.8) is 0 Å². The van der Waals surface area contributed by atoms with Crippen LogP contribution < -0.4 is 5.32 Å². The third-order valence-electron chi connectivity index (χ3n) is 2.29. The lowest BCUT2D eigenvalue weighted by molar-refractivity contribution is -0.118. The van der Waals surface area contributed by atoms with E-state index < -0.39 is 0 Å². The molecular weight excluding hydrogens is 245 g/mol. The first-order valence-corrected chi connectivity index (χ1v) is 5.99. The minimum Gasteiger partial charge on any atom is -0.320 e. The molecule has 0 aromatic heterocycles. The predicted molar refractivity (Wildman–Crippen MR) is 68.3 cm³/mol. The molecule has 4 heteroatoms. The van der Waals surface area contributed by atoms with E-state index in [2.05, 4.69) is 5.32 Å². The Morgan fingerprint density at radius 2 is 2.12 bits per heavy atom. The van der Waals surface area contributed by atoms with E-state index in [1.807, 2.05) is 7.05 Å². The summed E-state index contributed by atoms with van der Waals surface area (Å²) in [5, 5.41) is 4.17. The van der Waals surface area contributed by atoms with Crippen molar-refractivity contribution in [2.45, 2.75) is 19.3 Å². The summed E-state index contributed by atoms with van der Waals surface area (Å²) >= 11 is 11.8. The Hall–Kier alpha value is -0.570. The van der Waals surface area contributed by atoms with Crippen LogP contribution in [0.5, 0.6) is 0 Å². The Bertz CT molecular complexity index is 366. The zero-order valence-corrected chi connectivity index (χ0v) is 10.7. The molecule has 0 saturated carbocycles. The summed E-state index contributed by atoms with van der Waals surface area (Å²) in [5.41, 5.74) is 0.848. The quantitative estimate of drug-likeness (QED) is 0.796. The molecule has 88 valence electrons. The summed E-state index contributed by atoms with van der Waals surface area (Å²) in [6.45, 7) is 0.861. The average Bonchev–Trinajstić information content (AvgIpc) is 2.23. The van der Waals surface area contributed by atoms with E-state index in [0.717, 1.165) is 18.5 Å². The van der Waals surface area contributed by atoms with E-state index in [1.165, 1.54) is 0 Å². The SMILES string of the molecule is CNCCCC(=O)Cc1ccc(Cl)cc1Cl. The van der Waals surface area contributed by atoms with Gasteiger partial charge in [0.05, 0.1) is 0 Å². The van der Waals surface area contributed by atoms with Crippen molar-refractivity contribution < 1.29 is 4.79 Å². The van der Waals surface area contributed by atoms with Gasteiger partial charge in [-0.1, -0.05) is 29.3 Å². The topological polar surface area (TPSA) is 29.1 Å². The maximum Gasteiger partial charge on any atom is 0.137 e. The zero-order valence-electron chi connectivity index (χ0n) is 9.22. The molecule has 2 nitrogen and oxygen atoms in total. The van der Waals surface area contributed by atoms with Crippen LogP contribution in [0.4, 0.5) is 0 Å². The molecule has 0 unspecified atom stereocenters. The van der Waals surface area contributed by atoms with Crippen LogP contribution in [0.2, 0.25) is 10.0 Å². The van der Waals surface area contributed by atoms with Crippen molar-refractivity contribution in [3.8, 4) is 0 Å². The average molecular weight is 260 g/mol. The fourth-order valence-corrected chi connectivity index (χ4v) is 1.90. The Kier molecular flexibility index (Phi) is 5.81. The summed E-state index contributed by atoms with van der Waals surface area (Å²) in [4.78, 5) is 11.6. The van der Waals surface area contributed by atoms with Gasteiger partial charge in [-0.15, -0.1) is 0 Å². The second kappa shape index (κ2) is 6.89. The number of rotatable bonds is 6. The molecule has 0 bridgehead atoms. The van der Waals surface area contributed by atoms with Crippen LogP contribution in [0.15, 0.2) is 18.2 Å². The van der Waals surface area contributed by atoms with Crippen LogP contribution in [-0.4, -0.2) is 19.4 Å². The number of nitrogens with one attached hydrogen (secondary N) is 1. The number of carbonyl (C=O) groups excluding carboxylic acids is 1. The maximum absolute atomic E-state index is 11.6. The molecule has 1 N–H and O–H groups in total. The normalized spacial score (nSPS) is 10.4. The van der Waals surface area contributed by atoms with Crippen molar-refractivity contribution in [1.29, 1.82) is 0 Å². The lowest BCUT2D eigenvalue weighted by Crippen LogP contribution is -2.11. The van der Waals surface area contributed by atoms with Gasteiger partial charge in [-0.3, -0.25) is 4.79 Å². The highest BCUT2D eigenvalue weighted by atomic mass is 35.5. The van der Waals surface area contributed by atoms with E-state index in [4.69, 9.17) is 23.2 Å². The van der Waals surface area contributed by atoms with Gasteiger partial charge < -0.3 is 5.32 Å². The van der Waals surface area contributed by atoms with Gasteiger partial charge in [-0.05, 0) is 37.7 Å². The highest BCUT2D eigenvalue weighted by molar-refractivity contribution is 6.35. The molecule has 0 amide bonds. The molecule has 1 aromatic rings. The third-order valence-corrected chi connectivity index (χ3v) is 2.87. The van der Waals surface area contributed by atoms with Gasteiger partial charge in [0, 0.05) is 22.9 Å². The first-order valence-electron chi connectivity index (χ1n) is 5.23. The van der Waals surface area contributed by atoms with Gasteiger partial charge in [0.1, 0.15) is 5.78 Å². The number of hydrogen-bond donors (Lipinski definition) is 1. The highest BCUT2D eigenvalue weighted by Gasteiger charge is 2.07. The van der Waals surface area contributed by atoms with Crippen LogP contribution in [0.1, 0.15) is 18.4 Å². The zero-order chi connectivity index (χ0) is 12.0. The molecule has 0 aliphatic carbocycles. The smallest absolute Gasteiger partial charge is 0.137 e. The molecule has 0 radical (unpaired) electrons. The summed E-state index contributed by atoms with van der Waals surface area (Å²) in [5.74, 6) is 0.208. The van der Waals surface area contributed by atoms with Gasteiger partial charge in [0.15, 0.2) is 0 Å². The number of Topliss-reactive ketones (excluding diaryl/α,β-unsaturated/α-hetero) is 1. The number of ketones is 1. The second-order valence-corrected chi connectivity index (χ2v) is 4.50. The molecule has 0 aliphatic heterocycles. The Morgan fingerprint density at radius 1 is 1.38 bits per heavy atom. The number of benzene rings is 1. The molecular formula is C12H15Cl2NO. The van der Waals surface area contributed by atoms with Crippen molar-refractivity contribution in [2.75, 3.05) is 13.6 Å². The van der Waals surface area contributed by atoms with Crippen LogP contribution in [0.25, 0.3) is 0 Å². The number of hydrogen-bond acceptors (Lipinski definition) is 2. The molecule has 16 heavy (non-hydrogen) atoms. The standard InChI is InChI=1S/C12H15Cl2NO/c1-15-6-2-3-11(16)7-9-4-5-10(13)8-12(9)14/h4-5,8,15H,2-3,6-7H2,1H3. The maximum atomic E-state index is 11.6. The van der Waals surface area contributed by atoms with E-state index in [9.17, 15) is 4.79 Å². The minimum absolute atomic E-state index is 0.208. The lowest BCUT2D eigenvalue weighted by Gasteiger charge is -2.04. The van der Waals surface area contributed by atoms with Gasteiger partial charge in [0.2, 0.25) is 0 Å². The third kappa shape index (κ3) is 4.52. The van der Waals surface area contributed by atoms with Crippen molar-refractivity contribution >= 4 is 29.0 Å². The van der Waals surface area contributed by atoms with E-state index >= 15 is 0 Å². The van der Waals surface area contributed by atoms with Crippen LogP contribution in [0.3, 0.4) is 0 Å². The highest BCUT2D eigenvalue weighted by Crippen LogP contribution is 2.21. The van der Waals surface area contributed by atoms with E-state index in [1.54, 1.807) is 18.2 Å². The monoisotopic (exact) mass is 259 g/mol. The minimum atomic E-state index is 0.208. The number of carbonyl (C=O) groups is 1. The van der Waals surface area contributed by atoms with E-state index in [-0.39, 0.29) is 5.78 Å². The van der Waals surface area contributed by atoms with Gasteiger partial charge in [0.25, 0.3) is 0 Å². The summed E-state index contributed by atoms with van der Waals surface area (Å²) in [7, 11) is 1.88. The molecule has 0 aliphatic rings. The molecule has 1 aromatic carbocycles. The number of halogens is 2. The van der Waals surface area contributed by atoms with Gasteiger partial charge in [-0.2, -0.15) is 0 Å². The summed E-state index contributed by atoms with van der Waals surface area (Å²) < 4.78 is 0. The first kappa shape index (κ1) is 13.5. The lowest BCUT2D eigenvalue weighted by atomic mass is 10.1. The fourth-order valence-electron chi connectivity index (χ4n) is 1.43. The predicted octanol–water partition coefficient (Wildman–Crippen LogP) is 3.10. The van der Waals surface area contributed by atoms with Crippen molar-refractivity contribution in [2.24, 2.45) is 0 Å². The molecule has 0 atom stereocenters. The van der Waals surface area contributed by atoms with Gasteiger partial charge >= 0.3 is 0 Å². The van der Waals surface area contributed by atoms with Crippen LogP contribution >= 0.6 is 23.2 Å². The first-order chi connectivity index (χ1) is 7.63. The van der Waals surface area contributed by atoms with E-state index in [0.29, 0.717) is 22.9 Å². The molecule has 0 fully saturated rings. The van der Waals surface area contributed by atoms with Crippen LogP contribution in [-0.2, 0) is 11.2 Å². The molecule has 0 spiro atoms. The van der Waals surface area contributed by atoms with Crippen molar-refractivity contribution in [3.05, 3.63) is 33.8 Å². The molecule has 1 rings (SSSR count). The largest absolute Gasteiger partial charge is 0.320 e. The fraction of sp³-hybridized carbons (Fsp3) is 0.417. The van der Waals surface area contributed by atoms with Crippen molar-refractivity contribution in [1.82, 2.24) is 5.32 Å². The van der Waals surface area contributed by atoms with Crippen LogP contribution in [0, 0.1) is 0 Å². The second-order valence-electron chi connectivity index (χ2n) is 3.66. The summed E-state index contributed by atoms with van der Waals surface area (Å²) in [6.07, 6.45) is 1.83. The Labute approximate surface area is 106 Å². The Morgan fingerprint density at radius 3 is 2.75 bits per heavy atom. The summed E-state index contributed by atoms with van der Waals surface area (Å²) in [6, 6.07) is 5.23. The molecule has 0 heterocycles.